The molecule has 0 saturated heterocycles. The maximum absolute atomic E-state index is 6.11. The second-order valence-corrected chi connectivity index (χ2v) is 6.15. The average Bonchev–Trinajstić information content (AvgIpc) is 2.79. The van der Waals surface area contributed by atoms with Gasteiger partial charge in [-0.25, -0.2) is 0 Å². The second kappa shape index (κ2) is 5.54. The van der Waals surface area contributed by atoms with Crippen LogP contribution in [0.15, 0.2) is 51.5 Å². The van der Waals surface area contributed by atoms with Crippen molar-refractivity contribution in [3.8, 4) is 22.5 Å². The van der Waals surface area contributed by atoms with Crippen LogP contribution in [0.3, 0.4) is 0 Å². The Balaban J connectivity index is 2.21. The maximum atomic E-state index is 6.11. The van der Waals surface area contributed by atoms with E-state index in [1.807, 2.05) is 49.4 Å². The number of hydrogen-bond donors (Lipinski definition) is 1. The summed E-state index contributed by atoms with van der Waals surface area (Å²) in [4.78, 5) is 0. The molecular weight excluding hydrogens is 352 g/mol. The van der Waals surface area contributed by atoms with E-state index in [0.29, 0.717) is 16.6 Å². The zero-order chi connectivity index (χ0) is 15.0. The number of halogens is 2. The summed E-state index contributed by atoms with van der Waals surface area (Å²) >= 11 is 9.54. The van der Waals surface area contributed by atoms with Crippen LogP contribution in [-0.4, -0.2) is 5.16 Å². The lowest BCUT2D eigenvalue weighted by atomic mass is 10.00. The van der Waals surface area contributed by atoms with Gasteiger partial charge in [-0.15, -0.1) is 0 Å². The van der Waals surface area contributed by atoms with Crippen molar-refractivity contribution in [1.82, 2.24) is 5.16 Å². The Hall–Kier alpha value is -1.78. The van der Waals surface area contributed by atoms with Crippen LogP contribution < -0.4 is 5.73 Å². The number of benzene rings is 2. The SMILES string of the molecule is Cc1cccc(-c2c(N)noc2-c2cc(Cl)cc(Br)c2)c1. The number of hydrogen-bond acceptors (Lipinski definition) is 3. The number of anilines is 1. The highest BCUT2D eigenvalue weighted by molar-refractivity contribution is 9.10. The van der Waals surface area contributed by atoms with Crippen LogP contribution in [0.5, 0.6) is 0 Å². The van der Waals surface area contributed by atoms with E-state index < -0.39 is 0 Å². The molecule has 1 aromatic heterocycles. The molecule has 0 aliphatic rings. The summed E-state index contributed by atoms with van der Waals surface area (Å²) < 4.78 is 6.30. The fraction of sp³-hybridized carbons (Fsp3) is 0.0625. The first kappa shape index (κ1) is 14.2. The molecule has 21 heavy (non-hydrogen) atoms. The molecule has 0 aliphatic heterocycles. The molecule has 0 bridgehead atoms. The highest BCUT2D eigenvalue weighted by Crippen LogP contribution is 2.38. The second-order valence-electron chi connectivity index (χ2n) is 4.80. The van der Waals surface area contributed by atoms with Crippen molar-refractivity contribution in [2.24, 2.45) is 0 Å². The van der Waals surface area contributed by atoms with Gasteiger partial charge in [-0.1, -0.05) is 62.5 Å². The van der Waals surface area contributed by atoms with Crippen LogP contribution in [-0.2, 0) is 0 Å². The molecule has 0 aliphatic carbocycles. The third kappa shape index (κ3) is 2.82. The first-order chi connectivity index (χ1) is 10.0. The molecule has 3 nitrogen and oxygen atoms in total. The number of nitrogens with zero attached hydrogens (tertiary/aromatic N) is 1. The van der Waals surface area contributed by atoms with Gasteiger partial charge in [-0.3, -0.25) is 0 Å². The fourth-order valence-electron chi connectivity index (χ4n) is 2.26. The van der Waals surface area contributed by atoms with E-state index in [9.17, 15) is 0 Å². The van der Waals surface area contributed by atoms with Crippen molar-refractivity contribution in [3.63, 3.8) is 0 Å². The van der Waals surface area contributed by atoms with Crippen molar-refractivity contribution < 1.29 is 4.52 Å². The van der Waals surface area contributed by atoms with Crippen molar-refractivity contribution in [2.75, 3.05) is 5.73 Å². The fourth-order valence-corrected chi connectivity index (χ4v) is 3.12. The van der Waals surface area contributed by atoms with E-state index in [2.05, 4.69) is 21.1 Å². The van der Waals surface area contributed by atoms with Gasteiger partial charge in [0.15, 0.2) is 11.6 Å². The van der Waals surface area contributed by atoms with Gasteiger partial charge >= 0.3 is 0 Å². The standard InChI is InChI=1S/C16H12BrClN2O/c1-9-3-2-4-10(5-9)14-15(21-20-16(14)19)11-6-12(17)8-13(18)7-11/h2-8H,1H3,(H2,19,20). The largest absolute Gasteiger partial charge is 0.380 e. The summed E-state index contributed by atoms with van der Waals surface area (Å²) in [6.45, 7) is 2.03. The lowest BCUT2D eigenvalue weighted by Gasteiger charge is -2.05. The van der Waals surface area contributed by atoms with Crippen molar-refractivity contribution in [1.29, 1.82) is 0 Å². The molecule has 5 heteroatoms. The molecule has 0 spiro atoms. The van der Waals surface area contributed by atoms with E-state index in [-0.39, 0.29) is 0 Å². The first-order valence-corrected chi connectivity index (χ1v) is 7.50. The smallest absolute Gasteiger partial charge is 0.177 e. The summed E-state index contributed by atoms with van der Waals surface area (Å²) in [5.41, 5.74) is 9.72. The van der Waals surface area contributed by atoms with Crippen LogP contribution in [0.4, 0.5) is 5.82 Å². The molecule has 1 heterocycles. The molecular formula is C16H12BrClN2O. The Bertz CT molecular complexity index is 794. The molecule has 0 amide bonds. The Kier molecular flexibility index (Phi) is 3.74. The van der Waals surface area contributed by atoms with E-state index in [0.717, 1.165) is 26.7 Å². The molecule has 2 N–H and O–H groups in total. The summed E-state index contributed by atoms with van der Waals surface area (Å²) in [5, 5.41) is 4.52. The Morgan fingerprint density at radius 1 is 1.14 bits per heavy atom. The lowest BCUT2D eigenvalue weighted by molar-refractivity contribution is 0.436. The van der Waals surface area contributed by atoms with Gasteiger partial charge in [0, 0.05) is 15.1 Å². The first-order valence-electron chi connectivity index (χ1n) is 6.33. The minimum Gasteiger partial charge on any atom is -0.380 e. The summed E-state index contributed by atoms with van der Waals surface area (Å²) in [7, 11) is 0. The lowest BCUT2D eigenvalue weighted by Crippen LogP contribution is -1.89. The minimum atomic E-state index is 0.367. The third-order valence-corrected chi connectivity index (χ3v) is 3.83. The Morgan fingerprint density at radius 3 is 2.67 bits per heavy atom. The number of aromatic nitrogens is 1. The van der Waals surface area contributed by atoms with Crippen LogP contribution >= 0.6 is 27.5 Å². The van der Waals surface area contributed by atoms with Gasteiger partial charge in [0.2, 0.25) is 0 Å². The van der Waals surface area contributed by atoms with Crippen LogP contribution in [0.2, 0.25) is 5.02 Å². The Labute approximate surface area is 135 Å². The van der Waals surface area contributed by atoms with E-state index >= 15 is 0 Å². The van der Waals surface area contributed by atoms with E-state index in [1.54, 1.807) is 0 Å². The number of nitrogen functional groups attached to an aromatic ring is 1. The van der Waals surface area contributed by atoms with E-state index in [4.69, 9.17) is 21.9 Å². The number of aryl methyl sites for hydroxylation is 1. The molecule has 0 radical (unpaired) electrons. The normalized spacial score (nSPS) is 10.8. The number of rotatable bonds is 2. The molecule has 3 rings (SSSR count). The Morgan fingerprint density at radius 2 is 1.95 bits per heavy atom. The predicted molar refractivity (Wildman–Crippen MR) is 89.2 cm³/mol. The predicted octanol–water partition coefficient (Wildman–Crippen LogP) is 5.32. The van der Waals surface area contributed by atoms with Gasteiger partial charge in [0.1, 0.15) is 0 Å². The zero-order valence-electron chi connectivity index (χ0n) is 11.2. The van der Waals surface area contributed by atoms with Crippen molar-refractivity contribution in [2.45, 2.75) is 6.92 Å². The zero-order valence-corrected chi connectivity index (χ0v) is 13.6. The van der Waals surface area contributed by atoms with E-state index in [1.165, 1.54) is 0 Å². The van der Waals surface area contributed by atoms with Gasteiger partial charge < -0.3 is 10.3 Å². The van der Waals surface area contributed by atoms with Crippen molar-refractivity contribution in [3.05, 3.63) is 57.5 Å². The molecule has 106 valence electrons. The molecule has 0 fully saturated rings. The van der Waals surface area contributed by atoms with Gasteiger partial charge in [-0.2, -0.15) is 0 Å². The molecule has 2 aromatic carbocycles. The average molecular weight is 364 g/mol. The summed E-state index contributed by atoms with van der Waals surface area (Å²) in [5.74, 6) is 0.980. The minimum absolute atomic E-state index is 0.367. The molecule has 3 aromatic rings. The van der Waals surface area contributed by atoms with Gasteiger partial charge in [0.05, 0.1) is 5.56 Å². The number of nitrogens with two attached hydrogens (primary N) is 1. The summed E-state index contributed by atoms with van der Waals surface area (Å²) in [6, 6.07) is 13.6. The van der Waals surface area contributed by atoms with Crippen molar-refractivity contribution >= 4 is 33.3 Å². The maximum Gasteiger partial charge on any atom is 0.177 e. The highest BCUT2D eigenvalue weighted by Gasteiger charge is 2.18. The highest BCUT2D eigenvalue weighted by atomic mass is 79.9. The monoisotopic (exact) mass is 362 g/mol. The third-order valence-electron chi connectivity index (χ3n) is 3.15. The molecule has 0 saturated carbocycles. The van der Waals surface area contributed by atoms with Crippen LogP contribution in [0.1, 0.15) is 5.56 Å². The van der Waals surface area contributed by atoms with Gasteiger partial charge in [0.25, 0.3) is 0 Å². The van der Waals surface area contributed by atoms with Crippen LogP contribution in [0, 0.1) is 6.92 Å². The summed E-state index contributed by atoms with van der Waals surface area (Å²) in [6.07, 6.45) is 0. The quantitative estimate of drug-likeness (QED) is 0.671. The molecule has 0 unspecified atom stereocenters. The van der Waals surface area contributed by atoms with Gasteiger partial charge in [-0.05, 0) is 30.7 Å². The van der Waals surface area contributed by atoms with Crippen LogP contribution in [0.25, 0.3) is 22.5 Å². The molecule has 0 atom stereocenters. The topological polar surface area (TPSA) is 52.0 Å².